The Morgan fingerprint density at radius 1 is 1.08 bits per heavy atom. The van der Waals surface area contributed by atoms with Crippen molar-refractivity contribution in [3.8, 4) is 11.3 Å². The fourth-order valence-corrected chi connectivity index (χ4v) is 4.32. The van der Waals surface area contributed by atoms with Crippen LogP contribution in [0.4, 0.5) is 5.82 Å². The van der Waals surface area contributed by atoms with Crippen LogP contribution in [0.25, 0.3) is 11.3 Å². The van der Waals surface area contributed by atoms with Gasteiger partial charge in [0.2, 0.25) is 0 Å². The molecule has 0 spiro atoms. The van der Waals surface area contributed by atoms with Crippen molar-refractivity contribution in [1.82, 2.24) is 20.0 Å². The van der Waals surface area contributed by atoms with E-state index in [-0.39, 0.29) is 0 Å². The predicted molar refractivity (Wildman–Crippen MR) is 102 cm³/mol. The molecule has 1 aliphatic carbocycles. The Balaban J connectivity index is 1.43. The van der Waals surface area contributed by atoms with E-state index in [1.54, 1.807) is 0 Å². The van der Waals surface area contributed by atoms with Gasteiger partial charge >= 0.3 is 0 Å². The summed E-state index contributed by atoms with van der Waals surface area (Å²) < 4.78 is 1.89. The molecule has 1 atom stereocenters. The van der Waals surface area contributed by atoms with Gasteiger partial charge < -0.3 is 4.90 Å². The molecule has 3 aromatic rings. The van der Waals surface area contributed by atoms with Crippen LogP contribution in [0.2, 0.25) is 0 Å². The van der Waals surface area contributed by atoms with Gasteiger partial charge in [-0.2, -0.15) is 5.10 Å². The number of anilines is 1. The smallest absolute Gasteiger partial charge is 0.151 e. The maximum Gasteiger partial charge on any atom is 0.151 e. The molecule has 0 saturated carbocycles. The number of rotatable bonds is 2. The van der Waals surface area contributed by atoms with Crippen LogP contribution in [0, 0.1) is 0 Å². The summed E-state index contributed by atoms with van der Waals surface area (Å²) in [4.78, 5) is 2.38. The summed E-state index contributed by atoms with van der Waals surface area (Å²) in [6.07, 6.45) is 8.64. The van der Waals surface area contributed by atoms with Crippen molar-refractivity contribution in [3.05, 3.63) is 59.4 Å². The lowest BCUT2D eigenvalue weighted by Gasteiger charge is -2.18. The van der Waals surface area contributed by atoms with Gasteiger partial charge in [-0.05, 0) is 48.4 Å². The third-order valence-electron chi connectivity index (χ3n) is 5.73. The van der Waals surface area contributed by atoms with E-state index in [4.69, 9.17) is 0 Å². The molecule has 3 heterocycles. The molecule has 1 saturated heterocycles. The average Bonchev–Trinajstić information content (AvgIpc) is 3.27. The third kappa shape index (κ3) is 2.68. The molecule has 2 aromatic heterocycles. The molecule has 5 rings (SSSR count). The summed E-state index contributed by atoms with van der Waals surface area (Å²) in [5, 5.41) is 13.6. The van der Waals surface area contributed by atoms with Crippen LogP contribution in [0.1, 0.15) is 35.4 Å². The second-order valence-electron chi connectivity index (χ2n) is 7.47. The highest BCUT2D eigenvalue weighted by molar-refractivity contribution is 5.69. The van der Waals surface area contributed by atoms with E-state index >= 15 is 0 Å². The van der Waals surface area contributed by atoms with Crippen molar-refractivity contribution in [2.75, 3.05) is 18.0 Å². The Kier molecular flexibility index (Phi) is 3.73. The van der Waals surface area contributed by atoms with Crippen molar-refractivity contribution < 1.29 is 0 Å². The van der Waals surface area contributed by atoms with Gasteiger partial charge in [0.25, 0.3) is 0 Å². The van der Waals surface area contributed by atoms with Crippen LogP contribution >= 0.6 is 0 Å². The van der Waals surface area contributed by atoms with Gasteiger partial charge in [0, 0.05) is 37.8 Å². The fourth-order valence-electron chi connectivity index (χ4n) is 4.32. The highest BCUT2D eigenvalue weighted by Crippen LogP contribution is 2.34. The molecule has 1 fully saturated rings. The summed E-state index contributed by atoms with van der Waals surface area (Å²) in [5.74, 6) is 1.56. The minimum absolute atomic E-state index is 0.532. The minimum atomic E-state index is 0.532. The van der Waals surface area contributed by atoms with Crippen molar-refractivity contribution in [2.24, 2.45) is 7.05 Å². The second kappa shape index (κ2) is 6.24. The standard InChI is InChI=1S/C21H23N5/c1-25-13-18(12-22-25)17-9-10-26(14-17)20-11-16-7-4-6-15-5-2-3-8-19(15)21(16)24-23-20/h2-3,5,8,11-13,17H,4,6-7,9-10,14H2,1H3. The highest BCUT2D eigenvalue weighted by Gasteiger charge is 2.27. The minimum Gasteiger partial charge on any atom is -0.354 e. The molecule has 1 aromatic carbocycles. The zero-order valence-electron chi connectivity index (χ0n) is 15.1. The molecule has 1 unspecified atom stereocenters. The van der Waals surface area contributed by atoms with E-state index in [0.717, 1.165) is 43.9 Å². The number of nitrogens with zero attached hydrogens (tertiary/aromatic N) is 5. The Hall–Kier alpha value is -2.69. The highest BCUT2D eigenvalue weighted by atomic mass is 15.3. The first-order valence-electron chi connectivity index (χ1n) is 9.46. The quantitative estimate of drug-likeness (QED) is 0.714. The van der Waals surface area contributed by atoms with Crippen LogP contribution in [-0.2, 0) is 19.9 Å². The molecular formula is C21H23N5. The molecule has 132 valence electrons. The van der Waals surface area contributed by atoms with E-state index in [9.17, 15) is 0 Å². The van der Waals surface area contributed by atoms with Crippen molar-refractivity contribution in [3.63, 3.8) is 0 Å². The first kappa shape index (κ1) is 15.6. The number of hydrogen-bond acceptors (Lipinski definition) is 4. The van der Waals surface area contributed by atoms with Crippen LogP contribution < -0.4 is 4.90 Å². The van der Waals surface area contributed by atoms with Crippen LogP contribution in [0.3, 0.4) is 0 Å². The topological polar surface area (TPSA) is 46.8 Å². The number of hydrogen-bond donors (Lipinski definition) is 0. The van der Waals surface area contributed by atoms with E-state index in [0.29, 0.717) is 5.92 Å². The normalized spacial score (nSPS) is 19.1. The Bertz CT molecular complexity index is 945. The molecule has 5 nitrogen and oxygen atoms in total. The molecule has 1 aliphatic heterocycles. The Morgan fingerprint density at radius 2 is 1.96 bits per heavy atom. The predicted octanol–water partition coefficient (Wildman–Crippen LogP) is 3.36. The van der Waals surface area contributed by atoms with Crippen molar-refractivity contribution in [1.29, 1.82) is 0 Å². The van der Waals surface area contributed by atoms with Gasteiger partial charge in [0.15, 0.2) is 5.82 Å². The van der Waals surface area contributed by atoms with Gasteiger partial charge in [-0.1, -0.05) is 24.3 Å². The van der Waals surface area contributed by atoms with E-state index in [1.165, 1.54) is 28.7 Å². The zero-order chi connectivity index (χ0) is 17.5. The summed E-state index contributed by atoms with van der Waals surface area (Å²) in [7, 11) is 1.98. The van der Waals surface area contributed by atoms with Crippen molar-refractivity contribution >= 4 is 5.82 Å². The van der Waals surface area contributed by atoms with Gasteiger partial charge in [-0.3, -0.25) is 4.68 Å². The van der Waals surface area contributed by atoms with E-state index < -0.39 is 0 Å². The fraction of sp³-hybridized carbons (Fsp3) is 0.381. The lowest BCUT2D eigenvalue weighted by molar-refractivity contribution is 0.753. The molecule has 0 bridgehead atoms. The summed E-state index contributed by atoms with van der Waals surface area (Å²) >= 11 is 0. The molecule has 0 amide bonds. The summed E-state index contributed by atoms with van der Waals surface area (Å²) in [6, 6.07) is 10.9. The SMILES string of the molecule is Cn1cc(C2CCN(c3cc4c(nn3)-c3ccccc3CCC4)C2)cn1. The molecular weight excluding hydrogens is 322 g/mol. The molecule has 2 aliphatic rings. The number of benzene rings is 1. The molecule has 26 heavy (non-hydrogen) atoms. The Morgan fingerprint density at radius 3 is 2.85 bits per heavy atom. The first-order valence-corrected chi connectivity index (χ1v) is 9.46. The monoisotopic (exact) mass is 345 g/mol. The van der Waals surface area contributed by atoms with Crippen LogP contribution in [0.15, 0.2) is 42.7 Å². The lowest BCUT2D eigenvalue weighted by Crippen LogP contribution is -2.21. The average molecular weight is 345 g/mol. The molecule has 0 radical (unpaired) electrons. The maximum absolute atomic E-state index is 4.66. The third-order valence-corrected chi connectivity index (χ3v) is 5.73. The molecule has 0 N–H and O–H groups in total. The maximum atomic E-state index is 4.66. The second-order valence-corrected chi connectivity index (χ2v) is 7.47. The van der Waals surface area contributed by atoms with Gasteiger partial charge in [-0.15, -0.1) is 10.2 Å². The molecule has 5 heteroatoms. The van der Waals surface area contributed by atoms with Crippen LogP contribution in [-0.4, -0.2) is 33.1 Å². The first-order chi connectivity index (χ1) is 12.8. The zero-order valence-corrected chi connectivity index (χ0v) is 15.1. The van der Waals surface area contributed by atoms with E-state index in [1.807, 2.05) is 17.9 Å². The lowest BCUT2D eigenvalue weighted by atomic mass is 10.0. The number of aromatic nitrogens is 4. The van der Waals surface area contributed by atoms with Crippen LogP contribution in [0.5, 0.6) is 0 Å². The van der Waals surface area contributed by atoms with E-state index in [2.05, 4.69) is 56.7 Å². The summed E-state index contributed by atoms with van der Waals surface area (Å²) in [6.45, 7) is 2.03. The Labute approximate surface area is 153 Å². The number of fused-ring (bicyclic) bond motifs is 3. The van der Waals surface area contributed by atoms with Crippen molar-refractivity contribution in [2.45, 2.75) is 31.6 Å². The van der Waals surface area contributed by atoms with Gasteiger partial charge in [-0.25, -0.2) is 0 Å². The van der Waals surface area contributed by atoms with Gasteiger partial charge in [0.1, 0.15) is 0 Å². The summed E-state index contributed by atoms with van der Waals surface area (Å²) in [5.41, 5.74) is 6.39. The largest absolute Gasteiger partial charge is 0.354 e. The number of aryl methyl sites for hydroxylation is 3. The van der Waals surface area contributed by atoms with Gasteiger partial charge in [0.05, 0.1) is 11.9 Å².